The topological polar surface area (TPSA) is 30.2 Å². The van der Waals surface area contributed by atoms with Crippen molar-refractivity contribution in [1.29, 1.82) is 0 Å². The monoisotopic (exact) mass is 246 g/mol. The molecule has 0 spiro atoms. The van der Waals surface area contributed by atoms with Gasteiger partial charge in [-0.3, -0.25) is 4.79 Å². The van der Waals surface area contributed by atoms with Gasteiger partial charge in [0.15, 0.2) is 6.29 Å². The standard InChI is InChI=1S/C17H10O2/c18-9-12-10-19-17-14(12)7-8-15-13-4-2-1-3-11(13)5-6-16(15)17/h1-10H. The summed E-state index contributed by atoms with van der Waals surface area (Å²) in [5, 5.41) is 5.47. The van der Waals surface area contributed by atoms with Crippen molar-refractivity contribution in [3.63, 3.8) is 0 Å². The Bertz CT molecular complexity index is 932. The van der Waals surface area contributed by atoms with E-state index < -0.39 is 0 Å². The Morgan fingerprint density at radius 3 is 2.47 bits per heavy atom. The van der Waals surface area contributed by atoms with Gasteiger partial charge in [-0.25, -0.2) is 0 Å². The molecule has 4 rings (SSSR count). The third-order valence-corrected chi connectivity index (χ3v) is 3.62. The summed E-state index contributed by atoms with van der Waals surface area (Å²) >= 11 is 0. The number of hydrogen-bond acceptors (Lipinski definition) is 2. The molecule has 0 aliphatic rings. The molecule has 0 N–H and O–H groups in total. The third kappa shape index (κ3) is 1.34. The molecule has 1 heterocycles. The molecule has 0 atom stereocenters. The first kappa shape index (κ1) is 10.3. The zero-order valence-electron chi connectivity index (χ0n) is 10.1. The van der Waals surface area contributed by atoms with E-state index in [4.69, 9.17) is 4.42 Å². The van der Waals surface area contributed by atoms with Gasteiger partial charge in [-0.15, -0.1) is 0 Å². The van der Waals surface area contributed by atoms with Crippen LogP contribution in [0.5, 0.6) is 0 Å². The Morgan fingerprint density at radius 1 is 0.789 bits per heavy atom. The Hall–Kier alpha value is -2.61. The molecule has 0 bridgehead atoms. The first-order chi connectivity index (χ1) is 9.38. The zero-order chi connectivity index (χ0) is 12.8. The van der Waals surface area contributed by atoms with Gasteiger partial charge >= 0.3 is 0 Å². The van der Waals surface area contributed by atoms with Crippen molar-refractivity contribution in [1.82, 2.24) is 0 Å². The van der Waals surface area contributed by atoms with Gasteiger partial charge in [0, 0.05) is 10.8 Å². The maximum absolute atomic E-state index is 11.0. The predicted molar refractivity (Wildman–Crippen MR) is 76.6 cm³/mol. The van der Waals surface area contributed by atoms with Crippen LogP contribution in [0.15, 0.2) is 59.2 Å². The van der Waals surface area contributed by atoms with Crippen molar-refractivity contribution >= 4 is 38.8 Å². The summed E-state index contributed by atoms with van der Waals surface area (Å²) in [5.41, 5.74) is 1.38. The van der Waals surface area contributed by atoms with Gasteiger partial charge in [-0.2, -0.15) is 0 Å². The number of aldehydes is 1. The molecular formula is C17H10O2. The van der Waals surface area contributed by atoms with Crippen LogP contribution in [0.4, 0.5) is 0 Å². The van der Waals surface area contributed by atoms with Crippen molar-refractivity contribution in [3.05, 3.63) is 60.4 Å². The first-order valence-corrected chi connectivity index (χ1v) is 6.15. The summed E-state index contributed by atoms with van der Waals surface area (Å²) in [6, 6.07) is 16.4. The summed E-state index contributed by atoms with van der Waals surface area (Å²) in [5.74, 6) is 0. The molecule has 0 aliphatic heterocycles. The lowest BCUT2D eigenvalue weighted by atomic mass is 10.00. The Morgan fingerprint density at radius 2 is 1.58 bits per heavy atom. The number of fused-ring (bicyclic) bond motifs is 5. The molecule has 1 aromatic heterocycles. The number of furan rings is 1. The molecule has 0 amide bonds. The molecule has 3 aromatic carbocycles. The first-order valence-electron chi connectivity index (χ1n) is 6.15. The van der Waals surface area contributed by atoms with E-state index in [0.29, 0.717) is 5.56 Å². The van der Waals surface area contributed by atoms with Crippen LogP contribution in [0.3, 0.4) is 0 Å². The van der Waals surface area contributed by atoms with Crippen LogP contribution in [0.25, 0.3) is 32.5 Å². The average molecular weight is 246 g/mol. The van der Waals surface area contributed by atoms with Gasteiger partial charge in [-0.05, 0) is 28.3 Å². The predicted octanol–water partition coefficient (Wildman–Crippen LogP) is 4.55. The summed E-state index contributed by atoms with van der Waals surface area (Å²) in [7, 11) is 0. The molecule has 0 saturated carbocycles. The lowest BCUT2D eigenvalue weighted by Gasteiger charge is -2.04. The van der Waals surface area contributed by atoms with Crippen molar-refractivity contribution < 1.29 is 9.21 Å². The quantitative estimate of drug-likeness (QED) is 0.364. The molecule has 0 aliphatic carbocycles. The molecule has 90 valence electrons. The highest BCUT2D eigenvalue weighted by Crippen LogP contribution is 2.32. The van der Waals surface area contributed by atoms with Gasteiger partial charge in [0.05, 0.1) is 5.56 Å². The summed E-state index contributed by atoms with van der Waals surface area (Å²) < 4.78 is 5.57. The molecule has 0 fully saturated rings. The van der Waals surface area contributed by atoms with Crippen LogP contribution in [0.2, 0.25) is 0 Å². The van der Waals surface area contributed by atoms with Crippen LogP contribution in [0.1, 0.15) is 10.4 Å². The molecule has 4 aromatic rings. The summed E-state index contributed by atoms with van der Waals surface area (Å²) in [6.45, 7) is 0. The van der Waals surface area contributed by atoms with Crippen molar-refractivity contribution in [3.8, 4) is 0 Å². The minimum Gasteiger partial charge on any atom is -0.463 e. The SMILES string of the molecule is O=Cc1coc2c1ccc1c3ccccc3ccc12. The van der Waals surface area contributed by atoms with E-state index >= 15 is 0 Å². The van der Waals surface area contributed by atoms with Gasteiger partial charge in [0.25, 0.3) is 0 Å². The third-order valence-electron chi connectivity index (χ3n) is 3.62. The lowest BCUT2D eigenvalue weighted by molar-refractivity contribution is 0.112. The molecule has 19 heavy (non-hydrogen) atoms. The largest absolute Gasteiger partial charge is 0.463 e. The summed E-state index contributed by atoms with van der Waals surface area (Å²) in [6.07, 6.45) is 2.35. The number of hydrogen-bond donors (Lipinski definition) is 0. The molecule has 2 heteroatoms. The molecule has 0 saturated heterocycles. The van der Waals surface area contributed by atoms with Crippen LogP contribution in [-0.4, -0.2) is 6.29 Å². The lowest BCUT2D eigenvalue weighted by Crippen LogP contribution is -1.79. The van der Waals surface area contributed by atoms with E-state index in [-0.39, 0.29) is 0 Å². The van der Waals surface area contributed by atoms with E-state index in [9.17, 15) is 4.79 Å². The zero-order valence-corrected chi connectivity index (χ0v) is 10.1. The Balaban J connectivity index is 2.26. The second kappa shape index (κ2) is 3.69. The van der Waals surface area contributed by atoms with Crippen LogP contribution < -0.4 is 0 Å². The van der Waals surface area contributed by atoms with Crippen molar-refractivity contribution in [2.45, 2.75) is 0 Å². The highest BCUT2D eigenvalue weighted by molar-refractivity contribution is 6.17. The van der Waals surface area contributed by atoms with Gasteiger partial charge in [0.1, 0.15) is 11.8 Å². The number of carbonyl (C=O) groups excluding carboxylic acids is 1. The minimum atomic E-state index is 0.602. The molecule has 0 radical (unpaired) electrons. The minimum absolute atomic E-state index is 0.602. The summed E-state index contributed by atoms with van der Waals surface area (Å²) in [4.78, 5) is 11.0. The normalized spacial score (nSPS) is 11.4. The fourth-order valence-corrected chi connectivity index (χ4v) is 2.69. The second-order valence-electron chi connectivity index (χ2n) is 4.63. The second-order valence-corrected chi connectivity index (χ2v) is 4.63. The van der Waals surface area contributed by atoms with Crippen molar-refractivity contribution in [2.24, 2.45) is 0 Å². The van der Waals surface area contributed by atoms with E-state index in [1.54, 1.807) is 0 Å². The van der Waals surface area contributed by atoms with E-state index in [2.05, 4.69) is 30.3 Å². The highest BCUT2D eigenvalue weighted by atomic mass is 16.3. The average Bonchev–Trinajstić information content (AvgIpc) is 2.90. The Labute approximate surface area is 109 Å². The number of carbonyl (C=O) groups is 1. The van der Waals surface area contributed by atoms with Crippen LogP contribution in [0, 0.1) is 0 Å². The fourth-order valence-electron chi connectivity index (χ4n) is 2.69. The smallest absolute Gasteiger partial charge is 0.153 e. The van der Waals surface area contributed by atoms with E-state index in [1.807, 2.05) is 18.2 Å². The van der Waals surface area contributed by atoms with Gasteiger partial charge < -0.3 is 4.42 Å². The molecule has 2 nitrogen and oxygen atoms in total. The van der Waals surface area contributed by atoms with E-state index in [0.717, 1.165) is 28.0 Å². The maximum atomic E-state index is 11.0. The Kier molecular flexibility index (Phi) is 2.00. The highest BCUT2D eigenvalue weighted by Gasteiger charge is 2.10. The number of rotatable bonds is 1. The van der Waals surface area contributed by atoms with Crippen LogP contribution in [-0.2, 0) is 0 Å². The van der Waals surface area contributed by atoms with Gasteiger partial charge in [-0.1, -0.05) is 36.4 Å². The fraction of sp³-hybridized carbons (Fsp3) is 0. The van der Waals surface area contributed by atoms with Gasteiger partial charge in [0.2, 0.25) is 0 Å². The molecule has 0 unspecified atom stereocenters. The van der Waals surface area contributed by atoms with E-state index in [1.165, 1.54) is 17.0 Å². The maximum Gasteiger partial charge on any atom is 0.153 e. The molecular weight excluding hydrogens is 236 g/mol. The number of benzene rings is 3. The van der Waals surface area contributed by atoms with Crippen molar-refractivity contribution in [2.75, 3.05) is 0 Å². The van der Waals surface area contributed by atoms with Crippen LogP contribution >= 0.6 is 0 Å².